The first-order valence-electron chi connectivity index (χ1n) is 2.68. The molecule has 0 aliphatic carbocycles. The summed E-state index contributed by atoms with van der Waals surface area (Å²) >= 11 is 0. The van der Waals surface area contributed by atoms with Gasteiger partial charge in [-0.2, -0.15) is 8.78 Å². The van der Waals surface area contributed by atoms with Gasteiger partial charge in [-0.25, -0.2) is 4.39 Å². The molecule has 0 amide bonds. The largest absolute Gasteiger partial charge is 0.358 e. The average Bonchev–Trinajstić information content (AvgIpc) is 1.78. The number of hydrogen-bond donors (Lipinski definition) is 0. The third kappa shape index (κ3) is 1.58. The first kappa shape index (κ1) is 6.86. The van der Waals surface area contributed by atoms with Crippen molar-refractivity contribution in [2.24, 2.45) is 0 Å². The van der Waals surface area contributed by atoms with Gasteiger partial charge in [0.25, 0.3) is 0 Å². The molecule has 1 heterocycles. The second kappa shape index (κ2) is 1.62. The molecule has 54 valence electrons. The van der Waals surface area contributed by atoms with Crippen molar-refractivity contribution in [3.63, 3.8) is 0 Å². The molecule has 0 saturated carbocycles. The van der Waals surface area contributed by atoms with E-state index in [-0.39, 0.29) is 6.42 Å². The van der Waals surface area contributed by atoms with Gasteiger partial charge in [-0.05, 0) is 6.92 Å². The van der Waals surface area contributed by atoms with Crippen molar-refractivity contribution in [2.75, 3.05) is 0 Å². The Kier molecular flexibility index (Phi) is 1.24. The highest BCUT2D eigenvalue weighted by atomic mass is 19.3. The highest BCUT2D eigenvalue weighted by Gasteiger charge is 2.48. The lowest BCUT2D eigenvalue weighted by Crippen LogP contribution is -2.21. The van der Waals surface area contributed by atoms with E-state index in [1.165, 1.54) is 0 Å². The average molecular weight is 140 g/mol. The number of rotatable bonds is 0. The van der Waals surface area contributed by atoms with Gasteiger partial charge in [-0.1, -0.05) is 0 Å². The van der Waals surface area contributed by atoms with E-state index in [0.717, 1.165) is 6.92 Å². The molecule has 1 rings (SSSR count). The predicted molar refractivity (Wildman–Crippen MR) is 24.8 cm³/mol. The van der Waals surface area contributed by atoms with E-state index in [4.69, 9.17) is 0 Å². The summed E-state index contributed by atoms with van der Waals surface area (Å²) < 4.78 is 40.1. The van der Waals surface area contributed by atoms with Crippen LogP contribution in [-0.2, 0) is 4.74 Å². The molecule has 0 aromatic rings. The molecule has 0 spiro atoms. The van der Waals surface area contributed by atoms with Gasteiger partial charge in [0.05, 0.1) is 0 Å². The number of halogens is 3. The van der Waals surface area contributed by atoms with Gasteiger partial charge in [0.15, 0.2) is 0 Å². The minimum absolute atomic E-state index is 0.222. The summed E-state index contributed by atoms with van der Waals surface area (Å²) in [5, 5.41) is 0. The van der Waals surface area contributed by atoms with Crippen LogP contribution < -0.4 is 0 Å². The maximum atomic E-state index is 12.4. The van der Waals surface area contributed by atoms with Crippen LogP contribution in [0.4, 0.5) is 13.2 Å². The molecular formula is C5H7F3O. The quantitative estimate of drug-likeness (QED) is 0.500. The van der Waals surface area contributed by atoms with Gasteiger partial charge >= 0.3 is 6.11 Å². The SMILES string of the molecule is CC1(F)CCC(F)(F)O1. The predicted octanol–water partition coefficient (Wildman–Crippen LogP) is 2.08. The van der Waals surface area contributed by atoms with Crippen molar-refractivity contribution >= 4 is 0 Å². The maximum absolute atomic E-state index is 12.4. The zero-order valence-corrected chi connectivity index (χ0v) is 4.96. The molecule has 1 aliphatic heterocycles. The summed E-state index contributed by atoms with van der Waals surface area (Å²) in [6, 6.07) is 0. The topological polar surface area (TPSA) is 9.23 Å². The van der Waals surface area contributed by atoms with Gasteiger partial charge in [0.2, 0.25) is 5.85 Å². The van der Waals surface area contributed by atoms with Gasteiger partial charge in [0.1, 0.15) is 0 Å². The Morgan fingerprint density at radius 2 is 1.78 bits per heavy atom. The van der Waals surface area contributed by atoms with Crippen molar-refractivity contribution in [2.45, 2.75) is 31.7 Å². The summed E-state index contributed by atoms with van der Waals surface area (Å²) in [5.41, 5.74) is 0. The first-order chi connectivity index (χ1) is 3.91. The van der Waals surface area contributed by atoms with E-state index in [1.807, 2.05) is 0 Å². The van der Waals surface area contributed by atoms with Crippen LogP contribution in [0, 0.1) is 0 Å². The zero-order valence-electron chi connectivity index (χ0n) is 4.96. The molecule has 1 aliphatic rings. The Bertz CT molecular complexity index is 107. The molecular weight excluding hydrogens is 133 g/mol. The molecule has 1 atom stereocenters. The third-order valence-electron chi connectivity index (χ3n) is 1.22. The fourth-order valence-electron chi connectivity index (χ4n) is 0.782. The molecule has 0 N–H and O–H groups in total. The molecule has 0 radical (unpaired) electrons. The van der Waals surface area contributed by atoms with Crippen LogP contribution in [0.15, 0.2) is 0 Å². The minimum Gasteiger partial charge on any atom is -0.283 e. The molecule has 4 heteroatoms. The van der Waals surface area contributed by atoms with E-state index in [2.05, 4.69) is 4.74 Å². The second-order valence-electron chi connectivity index (χ2n) is 2.34. The van der Waals surface area contributed by atoms with E-state index in [9.17, 15) is 13.2 Å². The molecule has 9 heavy (non-hydrogen) atoms. The number of ether oxygens (including phenoxy) is 1. The lowest BCUT2D eigenvalue weighted by molar-refractivity contribution is -0.280. The smallest absolute Gasteiger partial charge is 0.283 e. The summed E-state index contributed by atoms with van der Waals surface area (Å²) in [4.78, 5) is 0. The Balaban J connectivity index is 2.58. The fourth-order valence-corrected chi connectivity index (χ4v) is 0.782. The Morgan fingerprint density at radius 3 is 1.89 bits per heavy atom. The van der Waals surface area contributed by atoms with Crippen LogP contribution >= 0.6 is 0 Å². The van der Waals surface area contributed by atoms with Crippen LogP contribution in [0.25, 0.3) is 0 Å². The summed E-state index contributed by atoms with van der Waals surface area (Å²) in [6.45, 7) is 1.01. The molecule has 1 unspecified atom stereocenters. The molecule has 1 saturated heterocycles. The summed E-state index contributed by atoms with van der Waals surface area (Å²) in [5.74, 6) is -2.12. The van der Waals surface area contributed by atoms with E-state index < -0.39 is 18.4 Å². The fraction of sp³-hybridized carbons (Fsp3) is 1.00. The normalized spacial score (nSPS) is 41.3. The molecule has 0 aromatic heterocycles. The van der Waals surface area contributed by atoms with Crippen LogP contribution in [-0.4, -0.2) is 12.0 Å². The standard InChI is InChI=1S/C5H7F3O/c1-4(6)2-3-5(7,8)9-4/h2-3H2,1H3. The van der Waals surface area contributed by atoms with Gasteiger partial charge in [-0.15, -0.1) is 0 Å². The van der Waals surface area contributed by atoms with Crippen LogP contribution in [0.5, 0.6) is 0 Å². The van der Waals surface area contributed by atoms with Crippen LogP contribution in [0.3, 0.4) is 0 Å². The van der Waals surface area contributed by atoms with Crippen molar-refractivity contribution < 1.29 is 17.9 Å². The summed E-state index contributed by atoms with van der Waals surface area (Å²) in [7, 11) is 0. The van der Waals surface area contributed by atoms with E-state index in [0.29, 0.717) is 0 Å². The number of hydrogen-bond acceptors (Lipinski definition) is 1. The highest BCUT2D eigenvalue weighted by molar-refractivity contribution is 4.74. The summed E-state index contributed by atoms with van der Waals surface area (Å²) in [6.07, 6.45) is -3.98. The van der Waals surface area contributed by atoms with Crippen molar-refractivity contribution in [3.05, 3.63) is 0 Å². The van der Waals surface area contributed by atoms with E-state index >= 15 is 0 Å². The first-order valence-corrected chi connectivity index (χ1v) is 2.68. The highest BCUT2D eigenvalue weighted by Crippen LogP contribution is 2.40. The maximum Gasteiger partial charge on any atom is 0.358 e. The van der Waals surface area contributed by atoms with Gasteiger partial charge in [0, 0.05) is 12.8 Å². The molecule has 0 aromatic carbocycles. The zero-order chi connectivity index (χ0) is 7.12. The third-order valence-corrected chi connectivity index (χ3v) is 1.22. The van der Waals surface area contributed by atoms with Crippen molar-refractivity contribution in [1.82, 2.24) is 0 Å². The lowest BCUT2D eigenvalue weighted by Gasteiger charge is -2.13. The van der Waals surface area contributed by atoms with Gasteiger partial charge < -0.3 is 0 Å². The van der Waals surface area contributed by atoms with Crippen molar-refractivity contribution in [3.8, 4) is 0 Å². The van der Waals surface area contributed by atoms with Crippen molar-refractivity contribution in [1.29, 1.82) is 0 Å². The monoisotopic (exact) mass is 140 g/mol. The Hall–Kier alpha value is -0.250. The minimum atomic E-state index is -3.25. The molecule has 0 bridgehead atoms. The van der Waals surface area contributed by atoms with E-state index in [1.54, 1.807) is 0 Å². The number of alkyl halides is 3. The lowest BCUT2D eigenvalue weighted by atomic mass is 10.2. The van der Waals surface area contributed by atoms with Crippen LogP contribution in [0.1, 0.15) is 19.8 Å². The second-order valence-corrected chi connectivity index (χ2v) is 2.34. The Morgan fingerprint density at radius 1 is 1.22 bits per heavy atom. The molecule has 1 fully saturated rings. The Labute approximate surface area is 50.8 Å². The van der Waals surface area contributed by atoms with Crippen LogP contribution in [0.2, 0.25) is 0 Å². The molecule has 1 nitrogen and oxygen atoms in total. The van der Waals surface area contributed by atoms with Gasteiger partial charge in [-0.3, -0.25) is 4.74 Å².